The number of nitrogens with zero attached hydrogens (tertiary/aromatic N) is 2. The van der Waals surface area contributed by atoms with E-state index in [1.54, 1.807) is 12.4 Å². The third-order valence-corrected chi connectivity index (χ3v) is 3.68. The van der Waals surface area contributed by atoms with Crippen molar-refractivity contribution < 1.29 is 4.79 Å². The Morgan fingerprint density at radius 1 is 1.35 bits per heavy atom. The summed E-state index contributed by atoms with van der Waals surface area (Å²) >= 11 is 0. The molecule has 0 aliphatic carbocycles. The molecule has 23 heavy (non-hydrogen) atoms. The van der Waals surface area contributed by atoms with Gasteiger partial charge in [0.1, 0.15) is 5.82 Å². The number of fused-ring (bicyclic) bond motifs is 1. The van der Waals surface area contributed by atoms with E-state index in [0.29, 0.717) is 24.5 Å². The van der Waals surface area contributed by atoms with Crippen molar-refractivity contribution in [3.63, 3.8) is 0 Å². The number of hydrogen-bond donors (Lipinski definition) is 2. The molecule has 6 heteroatoms. The molecule has 2 N–H and O–H groups in total. The molecule has 1 aromatic carbocycles. The summed E-state index contributed by atoms with van der Waals surface area (Å²) in [6, 6.07) is 7.79. The number of carbonyl (C=O) groups excluding carboxylic acids is 1. The Hall–Kier alpha value is -2.89. The van der Waals surface area contributed by atoms with Crippen molar-refractivity contribution in [2.45, 2.75) is 20.4 Å². The predicted octanol–water partition coefficient (Wildman–Crippen LogP) is 1.84. The van der Waals surface area contributed by atoms with Crippen LogP contribution >= 0.6 is 0 Å². The highest BCUT2D eigenvalue weighted by Gasteiger charge is 2.11. The van der Waals surface area contributed by atoms with Crippen LogP contribution in [0.25, 0.3) is 22.3 Å². The smallest absolute Gasteiger partial charge is 0.259 e. The molecule has 0 spiro atoms. The molecule has 0 saturated heterocycles. The average Bonchev–Trinajstić information content (AvgIpc) is 2.94. The molecule has 0 bridgehead atoms. The summed E-state index contributed by atoms with van der Waals surface area (Å²) in [7, 11) is 0. The lowest BCUT2D eigenvalue weighted by Gasteiger charge is -2.09. The monoisotopic (exact) mass is 310 g/mol. The van der Waals surface area contributed by atoms with Crippen molar-refractivity contribution >= 4 is 16.8 Å². The van der Waals surface area contributed by atoms with Gasteiger partial charge >= 0.3 is 0 Å². The minimum absolute atomic E-state index is 0.0782. The van der Waals surface area contributed by atoms with Gasteiger partial charge in [-0.25, -0.2) is 4.98 Å². The summed E-state index contributed by atoms with van der Waals surface area (Å²) in [5.74, 6) is 0.518. The molecule has 0 atom stereocenters. The van der Waals surface area contributed by atoms with Crippen molar-refractivity contribution in [3.05, 3.63) is 52.6 Å². The summed E-state index contributed by atoms with van der Waals surface area (Å²) in [6.07, 6.45) is 3.46. The number of aryl methyl sites for hydroxylation is 1. The number of pyridine rings is 1. The van der Waals surface area contributed by atoms with Crippen LogP contribution in [0.3, 0.4) is 0 Å². The van der Waals surface area contributed by atoms with E-state index < -0.39 is 0 Å². The SMILES string of the molecule is CC(=O)NCCn1ccnc1-c1cc2ccc(C)cc2[nH]c1=O. The van der Waals surface area contributed by atoms with Crippen LogP contribution < -0.4 is 10.9 Å². The summed E-state index contributed by atoms with van der Waals surface area (Å²) < 4.78 is 1.86. The fourth-order valence-corrected chi connectivity index (χ4v) is 2.57. The van der Waals surface area contributed by atoms with Crippen LogP contribution in [0.4, 0.5) is 0 Å². The van der Waals surface area contributed by atoms with Crippen LogP contribution in [0.15, 0.2) is 41.5 Å². The van der Waals surface area contributed by atoms with Gasteiger partial charge in [0, 0.05) is 37.9 Å². The molecule has 0 radical (unpaired) electrons. The molecule has 0 aliphatic heterocycles. The Morgan fingerprint density at radius 3 is 2.96 bits per heavy atom. The molecule has 0 unspecified atom stereocenters. The number of H-pyrrole nitrogens is 1. The lowest BCUT2D eigenvalue weighted by atomic mass is 10.1. The van der Waals surface area contributed by atoms with E-state index >= 15 is 0 Å². The van der Waals surface area contributed by atoms with Gasteiger partial charge in [-0.05, 0) is 30.0 Å². The van der Waals surface area contributed by atoms with E-state index in [9.17, 15) is 9.59 Å². The normalized spacial score (nSPS) is 10.9. The van der Waals surface area contributed by atoms with Crippen molar-refractivity contribution in [3.8, 4) is 11.4 Å². The molecule has 2 aromatic heterocycles. The van der Waals surface area contributed by atoms with Gasteiger partial charge in [0.05, 0.1) is 5.56 Å². The maximum Gasteiger partial charge on any atom is 0.259 e. The molecule has 3 aromatic rings. The third kappa shape index (κ3) is 3.15. The second-order valence-corrected chi connectivity index (χ2v) is 5.53. The van der Waals surface area contributed by atoms with Gasteiger partial charge in [0.2, 0.25) is 5.91 Å². The number of benzene rings is 1. The zero-order valence-corrected chi connectivity index (χ0v) is 13.1. The summed E-state index contributed by atoms with van der Waals surface area (Å²) in [6.45, 7) is 4.51. The van der Waals surface area contributed by atoms with E-state index in [0.717, 1.165) is 16.5 Å². The van der Waals surface area contributed by atoms with E-state index in [1.165, 1.54) is 6.92 Å². The number of hydrogen-bond acceptors (Lipinski definition) is 3. The fraction of sp³-hybridized carbons (Fsp3) is 0.235. The zero-order chi connectivity index (χ0) is 16.4. The summed E-state index contributed by atoms with van der Waals surface area (Å²) in [5, 5.41) is 3.70. The van der Waals surface area contributed by atoms with Crippen molar-refractivity contribution in [1.82, 2.24) is 19.9 Å². The van der Waals surface area contributed by atoms with Gasteiger partial charge in [0.15, 0.2) is 0 Å². The quantitative estimate of drug-likeness (QED) is 0.771. The van der Waals surface area contributed by atoms with Crippen molar-refractivity contribution in [2.75, 3.05) is 6.54 Å². The van der Waals surface area contributed by atoms with Crippen molar-refractivity contribution in [1.29, 1.82) is 0 Å². The van der Waals surface area contributed by atoms with Crippen LogP contribution in [0.2, 0.25) is 0 Å². The van der Waals surface area contributed by atoms with Crippen LogP contribution in [0.5, 0.6) is 0 Å². The zero-order valence-electron chi connectivity index (χ0n) is 13.1. The molecule has 1 amide bonds. The molecule has 0 aliphatic rings. The Morgan fingerprint density at radius 2 is 2.17 bits per heavy atom. The highest BCUT2D eigenvalue weighted by molar-refractivity contribution is 5.83. The lowest BCUT2D eigenvalue weighted by molar-refractivity contribution is -0.118. The Bertz CT molecular complexity index is 924. The highest BCUT2D eigenvalue weighted by atomic mass is 16.1. The Labute approximate surface area is 133 Å². The topological polar surface area (TPSA) is 79.8 Å². The predicted molar refractivity (Wildman–Crippen MR) is 89.2 cm³/mol. The van der Waals surface area contributed by atoms with Gasteiger partial charge in [-0.2, -0.15) is 0 Å². The summed E-state index contributed by atoms with van der Waals surface area (Å²) in [5.41, 5.74) is 2.26. The molecule has 0 saturated carbocycles. The first-order valence-corrected chi connectivity index (χ1v) is 7.44. The number of imidazole rings is 1. The minimum atomic E-state index is -0.171. The Kier molecular flexibility index (Phi) is 3.97. The molecular formula is C17H18N4O2. The largest absolute Gasteiger partial charge is 0.355 e. The maximum atomic E-state index is 12.4. The van der Waals surface area contributed by atoms with Gasteiger partial charge in [-0.15, -0.1) is 0 Å². The molecular weight excluding hydrogens is 292 g/mol. The van der Waals surface area contributed by atoms with Crippen LogP contribution in [0, 0.1) is 6.92 Å². The van der Waals surface area contributed by atoms with Gasteiger partial charge in [-0.1, -0.05) is 12.1 Å². The van der Waals surface area contributed by atoms with E-state index in [-0.39, 0.29) is 11.5 Å². The summed E-state index contributed by atoms with van der Waals surface area (Å²) in [4.78, 5) is 30.6. The number of aromatic nitrogens is 3. The van der Waals surface area contributed by atoms with Crippen LogP contribution in [-0.4, -0.2) is 27.0 Å². The molecule has 6 nitrogen and oxygen atoms in total. The van der Waals surface area contributed by atoms with Gasteiger partial charge in [-0.3, -0.25) is 9.59 Å². The van der Waals surface area contributed by atoms with Crippen LogP contribution in [-0.2, 0) is 11.3 Å². The first-order chi connectivity index (χ1) is 11.0. The third-order valence-electron chi connectivity index (χ3n) is 3.68. The molecule has 0 fully saturated rings. The second kappa shape index (κ2) is 6.08. The molecule has 2 heterocycles. The number of rotatable bonds is 4. The molecule has 3 rings (SSSR count). The van der Waals surface area contributed by atoms with Gasteiger partial charge in [0.25, 0.3) is 5.56 Å². The minimum Gasteiger partial charge on any atom is -0.355 e. The van der Waals surface area contributed by atoms with Crippen molar-refractivity contribution in [2.24, 2.45) is 0 Å². The van der Waals surface area contributed by atoms with E-state index in [2.05, 4.69) is 15.3 Å². The first kappa shape index (κ1) is 15.0. The Balaban J connectivity index is 1.99. The molecule has 118 valence electrons. The number of carbonyl (C=O) groups is 1. The van der Waals surface area contributed by atoms with Crippen LogP contribution in [0.1, 0.15) is 12.5 Å². The number of aromatic amines is 1. The van der Waals surface area contributed by atoms with E-state index in [1.807, 2.05) is 35.8 Å². The first-order valence-electron chi connectivity index (χ1n) is 7.44. The number of amides is 1. The fourth-order valence-electron chi connectivity index (χ4n) is 2.57. The maximum absolute atomic E-state index is 12.4. The van der Waals surface area contributed by atoms with Gasteiger partial charge < -0.3 is 14.9 Å². The average molecular weight is 310 g/mol. The van der Waals surface area contributed by atoms with E-state index in [4.69, 9.17) is 0 Å². The highest BCUT2D eigenvalue weighted by Crippen LogP contribution is 2.19. The number of nitrogens with one attached hydrogen (secondary N) is 2. The second-order valence-electron chi connectivity index (χ2n) is 5.53. The lowest BCUT2D eigenvalue weighted by Crippen LogP contribution is -2.24. The standard InChI is InChI=1S/C17H18N4O2/c1-11-3-4-13-10-14(17(23)20-15(13)9-11)16-19-6-8-21(16)7-5-18-12(2)22/h3-4,6,8-10H,5,7H2,1-2H3,(H,18,22)(H,20,23).